The molecular weight excluding hydrogens is 329 g/mol. The van der Waals surface area contributed by atoms with E-state index in [0.29, 0.717) is 33.9 Å². The normalized spacial score (nSPS) is 12.7. The van der Waals surface area contributed by atoms with Crippen molar-refractivity contribution in [1.82, 2.24) is 14.9 Å². The molecule has 3 aromatic rings. The van der Waals surface area contributed by atoms with Crippen LogP contribution in [0, 0.1) is 5.82 Å². The molecule has 4 nitrogen and oxygen atoms in total. The second-order valence-corrected chi connectivity index (χ2v) is 6.17. The number of benzene rings is 2. The van der Waals surface area contributed by atoms with Crippen molar-refractivity contribution in [1.29, 1.82) is 0 Å². The van der Waals surface area contributed by atoms with Crippen molar-refractivity contribution < 1.29 is 4.39 Å². The predicted molar refractivity (Wildman–Crippen MR) is 93.7 cm³/mol. The molecular formula is C18H17ClFN3O. The van der Waals surface area contributed by atoms with Gasteiger partial charge in [-0.15, -0.1) is 0 Å². The molecule has 1 aromatic heterocycles. The maximum atomic E-state index is 14.0. The standard InChI is InChI=1S/C18H17ClFN3O/c1-11(23(2)10-13-14(19)7-5-8-15(13)20)17-21-16-9-4-3-6-12(16)18(24)22-17/h3-9,11H,10H2,1-2H3,(H,21,22,24)/t11-/m0/s1. The number of aromatic nitrogens is 2. The fraction of sp³-hybridized carbons (Fsp3) is 0.222. The fourth-order valence-corrected chi connectivity index (χ4v) is 2.80. The zero-order valence-corrected chi connectivity index (χ0v) is 14.1. The van der Waals surface area contributed by atoms with Gasteiger partial charge in [0.05, 0.1) is 16.9 Å². The molecule has 24 heavy (non-hydrogen) atoms. The summed E-state index contributed by atoms with van der Waals surface area (Å²) in [6.07, 6.45) is 0. The van der Waals surface area contributed by atoms with E-state index >= 15 is 0 Å². The molecule has 0 saturated heterocycles. The quantitative estimate of drug-likeness (QED) is 0.780. The van der Waals surface area contributed by atoms with Gasteiger partial charge in [-0.25, -0.2) is 9.37 Å². The summed E-state index contributed by atoms with van der Waals surface area (Å²) in [7, 11) is 1.84. The molecule has 124 valence electrons. The van der Waals surface area contributed by atoms with E-state index in [1.807, 2.05) is 24.9 Å². The molecule has 0 bridgehead atoms. The molecule has 0 saturated carbocycles. The van der Waals surface area contributed by atoms with E-state index in [-0.39, 0.29) is 17.4 Å². The van der Waals surface area contributed by atoms with Gasteiger partial charge in [-0.2, -0.15) is 0 Å². The van der Waals surface area contributed by atoms with E-state index in [1.54, 1.807) is 30.3 Å². The van der Waals surface area contributed by atoms with Crippen LogP contribution in [0.5, 0.6) is 0 Å². The lowest BCUT2D eigenvalue weighted by atomic mass is 10.1. The van der Waals surface area contributed by atoms with Crippen LogP contribution >= 0.6 is 11.6 Å². The highest BCUT2D eigenvalue weighted by molar-refractivity contribution is 6.31. The van der Waals surface area contributed by atoms with Crippen LogP contribution in [0.3, 0.4) is 0 Å². The molecule has 1 N–H and O–H groups in total. The largest absolute Gasteiger partial charge is 0.309 e. The first-order valence-electron chi connectivity index (χ1n) is 7.59. The first-order valence-corrected chi connectivity index (χ1v) is 7.97. The Kier molecular flexibility index (Phi) is 4.64. The van der Waals surface area contributed by atoms with Gasteiger partial charge in [-0.05, 0) is 38.2 Å². The average Bonchev–Trinajstić information content (AvgIpc) is 2.57. The van der Waals surface area contributed by atoms with Gasteiger partial charge in [-0.3, -0.25) is 9.69 Å². The van der Waals surface area contributed by atoms with Crippen LogP contribution in [0.25, 0.3) is 10.9 Å². The van der Waals surface area contributed by atoms with Gasteiger partial charge in [0.15, 0.2) is 0 Å². The van der Waals surface area contributed by atoms with E-state index in [2.05, 4.69) is 9.97 Å². The highest BCUT2D eigenvalue weighted by Gasteiger charge is 2.18. The number of aromatic amines is 1. The minimum Gasteiger partial charge on any atom is -0.309 e. The van der Waals surface area contributed by atoms with Crippen molar-refractivity contribution in [2.24, 2.45) is 0 Å². The van der Waals surface area contributed by atoms with E-state index < -0.39 is 0 Å². The van der Waals surface area contributed by atoms with Gasteiger partial charge in [0.1, 0.15) is 11.6 Å². The van der Waals surface area contributed by atoms with Crippen molar-refractivity contribution in [3.8, 4) is 0 Å². The van der Waals surface area contributed by atoms with Crippen LogP contribution in [-0.4, -0.2) is 21.9 Å². The Morgan fingerprint density at radius 2 is 2.00 bits per heavy atom. The van der Waals surface area contributed by atoms with Crippen LogP contribution in [0.2, 0.25) is 5.02 Å². The van der Waals surface area contributed by atoms with E-state index in [4.69, 9.17) is 11.6 Å². The molecule has 1 heterocycles. The Hall–Kier alpha value is -2.24. The van der Waals surface area contributed by atoms with Gasteiger partial charge in [0.2, 0.25) is 0 Å². The zero-order chi connectivity index (χ0) is 17.3. The summed E-state index contributed by atoms with van der Waals surface area (Å²) < 4.78 is 14.0. The Balaban J connectivity index is 1.91. The SMILES string of the molecule is C[C@@H](c1nc2ccccc2c(=O)[nH]1)N(C)Cc1c(F)cccc1Cl. The van der Waals surface area contributed by atoms with Crippen molar-refractivity contribution in [2.45, 2.75) is 19.5 Å². The lowest BCUT2D eigenvalue weighted by Crippen LogP contribution is -2.26. The van der Waals surface area contributed by atoms with E-state index in [1.165, 1.54) is 6.07 Å². The molecule has 0 aliphatic carbocycles. The number of H-pyrrole nitrogens is 1. The number of hydrogen-bond acceptors (Lipinski definition) is 3. The third kappa shape index (κ3) is 3.18. The van der Waals surface area contributed by atoms with Crippen molar-refractivity contribution in [3.63, 3.8) is 0 Å². The van der Waals surface area contributed by atoms with Gasteiger partial charge in [-0.1, -0.05) is 29.8 Å². The zero-order valence-electron chi connectivity index (χ0n) is 13.4. The van der Waals surface area contributed by atoms with Crippen molar-refractivity contribution >= 4 is 22.5 Å². The molecule has 0 unspecified atom stereocenters. The summed E-state index contributed by atoms with van der Waals surface area (Å²) in [5.41, 5.74) is 0.886. The van der Waals surface area contributed by atoms with Gasteiger partial charge < -0.3 is 4.98 Å². The number of nitrogens with one attached hydrogen (secondary N) is 1. The summed E-state index contributed by atoms with van der Waals surface area (Å²) in [5, 5.41) is 0.933. The Morgan fingerprint density at radius 3 is 2.75 bits per heavy atom. The fourth-order valence-electron chi connectivity index (χ4n) is 2.58. The maximum Gasteiger partial charge on any atom is 0.258 e. The molecule has 6 heteroatoms. The van der Waals surface area contributed by atoms with E-state index in [9.17, 15) is 9.18 Å². The Morgan fingerprint density at radius 1 is 1.25 bits per heavy atom. The minimum absolute atomic E-state index is 0.181. The number of nitrogens with zero attached hydrogens (tertiary/aromatic N) is 2. The summed E-state index contributed by atoms with van der Waals surface area (Å²) in [4.78, 5) is 21.4. The number of hydrogen-bond donors (Lipinski definition) is 1. The van der Waals surface area contributed by atoms with Crippen LogP contribution in [-0.2, 0) is 6.54 Å². The molecule has 1 atom stereocenters. The molecule has 0 radical (unpaired) electrons. The second kappa shape index (κ2) is 6.71. The molecule has 0 spiro atoms. The number of rotatable bonds is 4. The van der Waals surface area contributed by atoms with Crippen LogP contribution in [0.4, 0.5) is 4.39 Å². The van der Waals surface area contributed by atoms with Gasteiger partial charge in [0, 0.05) is 17.1 Å². The molecule has 0 amide bonds. The molecule has 0 aliphatic heterocycles. The van der Waals surface area contributed by atoms with Crippen LogP contribution in [0.1, 0.15) is 24.4 Å². The number of para-hydroxylation sites is 1. The number of fused-ring (bicyclic) bond motifs is 1. The van der Waals surface area contributed by atoms with Crippen LogP contribution in [0.15, 0.2) is 47.3 Å². The second-order valence-electron chi connectivity index (χ2n) is 5.76. The summed E-state index contributed by atoms with van der Waals surface area (Å²) in [5.74, 6) is 0.190. The monoisotopic (exact) mass is 345 g/mol. The van der Waals surface area contributed by atoms with E-state index in [0.717, 1.165) is 0 Å². The molecule has 0 fully saturated rings. The topological polar surface area (TPSA) is 49.0 Å². The first kappa shape index (κ1) is 16.6. The lowest BCUT2D eigenvalue weighted by Gasteiger charge is -2.24. The van der Waals surface area contributed by atoms with Crippen molar-refractivity contribution in [2.75, 3.05) is 7.05 Å². The predicted octanol–water partition coefficient (Wildman–Crippen LogP) is 3.91. The molecule has 2 aromatic carbocycles. The Labute approximate surface area is 143 Å². The molecule has 3 rings (SSSR count). The highest BCUT2D eigenvalue weighted by Crippen LogP contribution is 2.24. The third-order valence-corrected chi connectivity index (χ3v) is 4.51. The molecule has 0 aliphatic rings. The first-order chi connectivity index (χ1) is 11.5. The highest BCUT2D eigenvalue weighted by atomic mass is 35.5. The summed E-state index contributed by atoms with van der Waals surface area (Å²) in [6.45, 7) is 2.21. The average molecular weight is 346 g/mol. The summed E-state index contributed by atoms with van der Waals surface area (Å²) in [6, 6.07) is 11.6. The van der Waals surface area contributed by atoms with Crippen LogP contribution < -0.4 is 5.56 Å². The van der Waals surface area contributed by atoms with Crippen molar-refractivity contribution in [3.05, 3.63) is 75.0 Å². The Bertz CT molecular complexity index is 921. The smallest absolute Gasteiger partial charge is 0.258 e. The van der Waals surface area contributed by atoms with Gasteiger partial charge >= 0.3 is 0 Å². The third-order valence-electron chi connectivity index (χ3n) is 4.16. The summed E-state index contributed by atoms with van der Waals surface area (Å²) >= 11 is 6.09. The van der Waals surface area contributed by atoms with Gasteiger partial charge in [0.25, 0.3) is 5.56 Å². The lowest BCUT2D eigenvalue weighted by molar-refractivity contribution is 0.240. The maximum absolute atomic E-state index is 14.0. The minimum atomic E-state index is -0.346. The number of halogens is 2.